The first-order valence-corrected chi connectivity index (χ1v) is 4.93. The average Bonchev–Trinajstić information content (AvgIpc) is 2.04. The zero-order chi connectivity index (χ0) is 10.4. The summed E-state index contributed by atoms with van der Waals surface area (Å²) < 4.78 is 0. The van der Waals surface area contributed by atoms with Crippen molar-refractivity contribution in [1.82, 2.24) is 0 Å². The van der Waals surface area contributed by atoms with E-state index in [0.29, 0.717) is 11.8 Å². The fourth-order valence-electron chi connectivity index (χ4n) is 1.40. The highest BCUT2D eigenvalue weighted by atomic mass is 14.2. The molecule has 74 valence electrons. The molecular weight excluding hydrogens is 156 g/mol. The topological polar surface area (TPSA) is 0 Å². The number of hydrogen-bond donors (Lipinski definition) is 0. The maximum atomic E-state index is 3.69. The van der Waals surface area contributed by atoms with Crippen LogP contribution >= 0.6 is 0 Å². The van der Waals surface area contributed by atoms with Gasteiger partial charge in [-0.3, -0.25) is 0 Å². The number of hydrogen-bond acceptors (Lipinski definition) is 0. The highest BCUT2D eigenvalue weighted by Crippen LogP contribution is 2.24. The molecule has 0 fully saturated rings. The number of rotatable bonds is 4. The van der Waals surface area contributed by atoms with Gasteiger partial charge in [0.25, 0.3) is 0 Å². The summed E-state index contributed by atoms with van der Waals surface area (Å²) in [5.74, 6) is 1.22. The van der Waals surface area contributed by atoms with Gasteiger partial charge in [0.2, 0.25) is 0 Å². The molecule has 0 aliphatic carbocycles. The van der Waals surface area contributed by atoms with Gasteiger partial charge in [-0.1, -0.05) is 49.8 Å². The number of allylic oxidation sites excluding steroid dienone is 5. The van der Waals surface area contributed by atoms with Crippen LogP contribution in [0.5, 0.6) is 0 Å². The fraction of sp³-hybridized carbons (Fsp3) is 0.538. The summed E-state index contributed by atoms with van der Waals surface area (Å²) in [6.07, 6.45) is 6.12. The van der Waals surface area contributed by atoms with Crippen molar-refractivity contribution in [2.45, 2.75) is 34.6 Å². The van der Waals surface area contributed by atoms with Gasteiger partial charge in [-0.15, -0.1) is 0 Å². The van der Waals surface area contributed by atoms with Gasteiger partial charge in [-0.2, -0.15) is 0 Å². The van der Waals surface area contributed by atoms with Crippen molar-refractivity contribution in [2.24, 2.45) is 11.8 Å². The molecule has 1 unspecified atom stereocenters. The second-order valence-corrected chi connectivity index (χ2v) is 4.07. The molecule has 1 atom stereocenters. The van der Waals surface area contributed by atoms with Crippen molar-refractivity contribution in [3.05, 3.63) is 36.0 Å². The minimum atomic E-state index is 0.558. The van der Waals surface area contributed by atoms with E-state index in [1.165, 1.54) is 11.1 Å². The van der Waals surface area contributed by atoms with Crippen LogP contribution in [0.15, 0.2) is 36.0 Å². The lowest BCUT2D eigenvalue weighted by Gasteiger charge is -2.19. The lowest BCUT2D eigenvalue weighted by atomic mass is 9.86. The van der Waals surface area contributed by atoms with Gasteiger partial charge in [-0.25, -0.2) is 0 Å². The van der Waals surface area contributed by atoms with Crippen molar-refractivity contribution in [2.75, 3.05) is 0 Å². The molecule has 0 nitrogen and oxygen atoms in total. The molecule has 0 heterocycles. The Hall–Kier alpha value is -0.780. The van der Waals surface area contributed by atoms with Crippen LogP contribution in [0, 0.1) is 11.8 Å². The predicted molar refractivity (Wildman–Crippen MR) is 61.7 cm³/mol. The molecule has 0 heteroatoms. The summed E-state index contributed by atoms with van der Waals surface area (Å²) in [6, 6.07) is 0. The van der Waals surface area contributed by atoms with Crippen molar-refractivity contribution < 1.29 is 0 Å². The normalized spacial score (nSPS) is 13.4. The van der Waals surface area contributed by atoms with Crippen LogP contribution in [0.25, 0.3) is 0 Å². The van der Waals surface area contributed by atoms with Crippen molar-refractivity contribution in [1.29, 1.82) is 0 Å². The van der Waals surface area contributed by atoms with E-state index in [9.17, 15) is 0 Å². The smallest absolute Gasteiger partial charge is 0.000258 e. The lowest BCUT2D eigenvalue weighted by molar-refractivity contribution is 0.522. The van der Waals surface area contributed by atoms with Gasteiger partial charge >= 0.3 is 0 Å². The summed E-state index contributed by atoms with van der Waals surface area (Å²) >= 11 is 0. The summed E-state index contributed by atoms with van der Waals surface area (Å²) in [5, 5.41) is 0. The molecule has 0 aromatic rings. The molecule has 0 N–H and O–H groups in total. The molecule has 0 radical (unpaired) electrons. The van der Waals surface area contributed by atoms with Gasteiger partial charge in [0.1, 0.15) is 0 Å². The van der Waals surface area contributed by atoms with Crippen LogP contribution < -0.4 is 0 Å². The highest BCUT2D eigenvalue weighted by molar-refractivity contribution is 5.18. The monoisotopic (exact) mass is 178 g/mol. The summed E-state index contributed by atoms with van der Waals surface area (Å²) in [6.45, 7) is 14.8. The van der Waals surface area contributed by atoms with E-state index in [2.05, 4.69) is 47.3 Å². The SMILES string of the molecule is C=CC=CC(C(C)=C(C)C)C(C)C. The first-order chi connectivity index (χ1) is 6.00. The molecule has 0 aliphatic heterocycles. The first kappa shape index (κ1) is 12.2. The van der Waals surface area contributed by atoms with E-state index < -0.39 is 0 Å². The van der Waals surface area contributed by atoms with E-state index in [4.69, 9.17) is 0 Å². The van der Waals surface area contributed by atoms with Gasteiger partial charge in [0.15, 0.2) is 0 Å². The first-order valence-electron chi connectivity index (χ1n) is 4.93. The molecule has 0 spiro atoms. The molecule has 0 saturated carbocycles. The standard InChI is InChI=1S/C13H22/c1-7-8-9-13(11(4)5)12(6)10(2)3/h7-9,11,13H,1H2,2-6H3. The van der Waals surface area contributed by atoms with Crippen LogP contribution in [0.1, 0.15) is 34.6 Å². The van der Waals surface area contributed by atoms with Crippen LogP contribution in [-0.2, 0) is 0 Å². The van der Waals surface area contributed by atoms with Crippen molar-refractivity contribution in [3.63, 3.8) is 0 Å². The van der Waals surface area contributed by atoms with E-state index in [1.807, 2.05) is 12.2 Å². The van der Waals surface area contributed by atoms with Crippen LogP contribution in [0.2, 0.25) is 0 Å². The zero-order valence-electron chi connectivity index (χ0n) is 9.59. The van der Waals surface area contributed by atoms with Gasteiger partial charge in [0, 0.05) is 5.92 Å². The molecular formula is C13H22. The minimum Gasteiger partial charge on any atom is -0.0991 e. The van der Waals surface area contributed by atoms with Crippen LogP contribution in [0.4, 0.5) is 0 Å². The molecule has 0 rings (SSSR count). The Morgan fingerprint density at radius 3 is 2.00 bits per heavy atom. The molecule has 0 amide bonds. The Morgan fingerprint density at radius 2 is 1.69 bits per heavy atom. The third-order valence-electron chi connectivity index (χ3n) is 2.46. The molecule has 13 heavy (non-hydrogen) atoms. The Balaban J connectivity index is 4.72. The Labute approximate surface area is 83.0 Å². The molecule has 0 saturated heterocycles. The third kappa shape index (κ3) is 4.12. The maximum absolute atomic E-state index is 3.69. The average molecular weight is 178 g/mol. The molecule has 0 aromatic carbocycles. The summed E-state index contributed by atoms with van der Waals surface area (Å²) in [5.41, 5.74) is 2.90. The van der Waals surface area contributed by atoms with Gasteiger partial charge in [0.05, 0.1) is 0 Å². The van der Waals surface area contributed by atoms with Crippen molar-refractivity contribution in [3.8, 4) is 0 Å². The quantitative estimate of drug-likeness (QED) is 0.443. The highest BCUT2D eigenvalue weighted by Gasteiger charge is 2.11. The van der Waals surface area contributed by atoms with E-state index in [0.717, 1.165) is 0 Å². The van der Waals surface area contributed by atoms with Crippen LogP contribution in [0.3, 0.4) is 0 Å². The zero-order valence-corrected chi connectivity index (χ0v) is 9.59. The third-order valence-corrected chi connectivity index (χ3v) is 2.46. The van der Waals surface area contributed by atoms with E-state index in [1.54, 1.807) is 0 Å². The molecule has 0 aliphatic rings. The summed E-state index contributed by atoms with van der Waals surface area (Å²) in [7, 11) is 0. The van der Waals surface area contributed by atoms with Gasteiger partial charge in [-0.05, 0) is 26.7 Å². The lowest BCUT2D eigenvalue weighted by Crippen LogP contribution is -2.08. The summed E-state index contributed by atoms with van der Waals surface area (Å²) in [4.78, 5) is 0. The fourth-order valence-corrected chi connectivity index (χ4v) is 1.40. The predicted octanol–water partition coefficient (Wildman–Crippen LogP) is 4.36. The van der Waals surface area contributed by atoms with Crippen LogP contribution in [-0.4, -0.2) is 0 Å². The largest absolute Gasteiger partial charge is 0.0991 e. The van der Waals surface area contributed by atoms with E-state index >= 15 is 0 Å². The molecule has 0 aromatic heterocycles. The Kier molecular flexibility index (Phi) is 5.45. The maximum Gasteiger partial charge on any atom is 0.000258 e. The Morgan fingerprint density at radius 1 is 1.15 bits per heavy atom. The second kappa shape index (κ2) is 5.80. The molecule has 0 bridgehead atoms. The second-order valence-electron chi connectivity index (χ2n) is 4.07. The van der Waals surface area contributed by atoms with Gasteiger partial charge < -0.3 is 0 Å². The van der Waals surface area contributed by atoms with E-state index in [-0.39, 0.29) is 0 Å². The van der Waals surface area contributed by atoms with Crippen molar-refractivity contribution >= 4 is 0 Å². The Bertz CT molecular complexity index is 212. The minimum absolute atomic E-state index is 0.558.